The first-order chi connectivity index (χ1) is 28.2. The Labute approximate surface area is 331 Å². The molecule has 0 saturated carbocycles. The number of hydrogen-bond donors (Lipinski definition) is 0. The van der Waals surface area contributed by atoms with Gasteiger partial charge in [-0.1, -0.05) is 171 Å². The van der Waals surface area contributed by atoms with E-state index < -0.39 is 5.41 Å². The Morgan fingerprint density at radius 1 is 0.491 bits per heavy atom. The van der Waals surface area contributed by atoms with Crippen molar-refractivity contribution in [1.82, 2.24) is 15.0 Å². The summed E-state index contributed by atoms with van der Waals surface area (Å²) in [7, 11) is 0. The molecule has 2 aromatic heterocycles. The third-order valence-corrected chi connectivity index (χ3v) is 11.8. The zero-order valence-corrected chi connectivity index (χ0v) is 31.7. The highest BCUT2D eigenvalue weighted by molar-refractivity contribution is 6.12. The average molecular weight is 732 g/mol. The highest BCUT2D eigenvalue weighted by Crippen LogP contribution is 2.64. The van der Waals surface area contributed by atoms with Gasteiger partial charge < -0.3 is 4.42 Å². The van der Waals surface area contributed by atoms with Gasteiger partial charge in [-0.05, 0) is 81.1 Å². The second kappa shape index (κ2) is 13.0. The molecule has 0 N–H and O–H groups in total. The molecule has 11 rings (SSSR count). The van der Waals surface area contributed by atoms with Gasteiger partial charge in [-0.3, -0.25) is 0 Å². The predicted octanol–water partition coefficient (Wildman–Crippen LogP) is 13.5. The molecule has 7 aromatic carbocycles. The highest BCUT2D eigenvalue weighted by atomic mass is 16.3. The molecule has 0 fully saturated rings. The zero-order valence-electron chi connectivity index (χ0n) is 31.7. The number of rotatable bonds is 5. The van der Waals surface area contributed by atoms with E-state index in [1.165, 1.54) is 44.5 Å². The molecule has 0 radical (unpaired) electrons. The summed E-state index contributed by atoms with van der Waals surface area (Å²) in [6.45, 7) is 4.40. The molecule has 2 aliphatic rings. The van der Waals surface area contributed by atoms with Crippen molar-refractivity contribution >= 4 is 27.5 Å². The van der Waals surface area contributed by atoms with Crippen molar-refractivity contribution < 1.29 is 4.42 Å². The molecule has 0 bridgehead atoms. The molecule has 1 unspecified atom stereocenters. The fourth-order valence-electron chi connectivity index (χ4n) is 9.57. The summed E-state index contributed by atoms with van der Waals surface area (Å²) in [6.07, 6.45) is 5.65. The number of aromatic nitrogens is 3. The van der Waals surface area contributed by atoms with E-state index in [-0.39, 0.29) is 0 Å². The van der Waals surface area contributed by atoms with Gasteiger partial charge in [0.05, 0.1) is 5.41 Å². The molecule has 4 heteroatoms. The Morgan fingerprint density at radius 3 is 1.82 bits per heavy atom. The van der Waals surface area contributed by atoms with Crippen LogP contribution in [0.4, 0.5) is 0 Å². The van der Waals surface area contributed by atoms with Crippen molar-refractivity contribution in [1.29, 1.82) is 0 Å². The summed E-state index contributed by atoms with van der Waals surface area (Å²) in [5.74, 6) is 1.92. The van der Waals surface area contributed by atoms with Crippen LogP contribution in [-0.4, -0.2) is 15.0 Å². The lowest BCUT2D eigenvalue weighted by Crippen LogP contribution is -2.26. The van der Waals surface area contributed by atoms with Gasteiger partial charge in [0.15, 0.2) is 17.5 Å². The first-order valence-electron chi connectivity index (χ1n) is 19.7. The van der Waals surface area contributed by atoms with Gasteiger partial charge in [0.1, 0.15) is 11.2 Å². The number of fused-ring (bicyclic) bond motifs is 10. The van der Waals surface area contributed by atoms with E-state index in [9.17, 15) is 0 Å². The predicted molar refractivity (Wildman–Crippen MR) is 233 cm³/mol. The molecule has 0 amide bonds. The second-order valence-corrected chi connectivity index (χ2v) is 14.8. The van der Waals surface area contributed by atoms with E-state index in [0.717, 1.165) is 56.2 Å². The minimum Gasteiger partial charge on any atom is -0.456 e. The topological polar surface area (TPSA) is 51.8 Å². The van der Waals surface area contributed by atoms with E-state index in [1.807, 2.05) is 36.4 Å². The molecular formula is C53H37N3O. The van der Waals surface area contributed by atoms with E-state index in [0.29, 0.717) is 17.5 Å². The first-order valence-corrected chi connectivity index (χ1v) is 19.7. The molecule has 57 heavy (non-hydrogen) atoms. The van der Waals surface area contributed by atoms with Crippen molar-refractivity contribution in [2.45, 2.75) is 25.7 Å². The van der Waals surface area contributed by atoms with Crippen molar-refractivity contribution in [3.63, 3.8) is 0 Å². The molecule has 0 aliphatic heterocycles. The van der Waals surface area contributed by atoms with Gasteiger partial charge in [0.2, 0.25) is 0 Å². The van der Waals surface area contributed by atoms with E-state index in [2.05, 4.69) is 153 Å². The number of furan rings is 1. The van der Waals surface area contributed by atoms with Crippen LogP contribution in [0.25, 0.3) is 83.9 Å². The Hall–Kier alpha value is -7.17. The highest BCUT2D eigenvalue weighted by Gasteiger charge is 2.53. The maximum Gasteiger partial charge on any atom is 0.164 e. The lowest BCUT2D eigenvalue weighted by Gasteiger charge is -2.31. The van der Waals surface area contributed by atoms with E-state index >= 15 is 0 Å². The molecule has 2 aliphatic carbocycles. The van der Waals surface area contributed by atoms with E-state index in [4.69, 9.17) is 19.4 Å². The molecule has 9 aromatic rings. The van der Waals surface area contributed by atoms with Crippen LogP contribution in [0, 0.1) is 0 Å². The minimum absolute atomic E-state index is 0.451. The Kier molecular flexibility index (Phi) is 7.55. The summed E-state index contributed by atoms with van der Waals surface area (Å²) >= 11 is 0. The van der Waals surface area contributed by atoms with Crippen LogP contribution in [0.3, 0.4) is 0 Å². The minimum atomic E-state index is -0.451. The quantitative estimate of drug-likeness (QED) is 0.177. The third kappa shape index (κ3) is 4.83. The normalized spacial score (nSPS) is 16.8. The van der Waals surface area contributed by atoms with Crippen LogP contribution in [0.2, 0.25) is 0 Å². The third-order valence-electron chi connectivity index (χ3n) is 11.8. The zero-order chi connectivity index (χ0) is 38.1. The van der Waals surface area contributed by atoms with Crippen molar-refractivity contribution in [2.24, 2.45) is 0 Å². The monoisotopic (exact) mass is 731 g/mol. The summed E-state index contributed by atoms with van der Waals surface area (Å²) in [5, 5.41) is 2.23. The molecule has 1 atom stereocenters. The van der Waals surface area contributed by atoms with Gasteiger partial charge in [-0.25, -0.2) is 15.0 Å². The number of benzene rings is 7. The van der Waals surface area contributed by atoms with Crippen LogP contribution in [0.5, 0.6) is 0 Å². The van der Waals surface area contributed by atoms with Crippen LogP contribution >= 0.6 is 0 Å². The fraction of sp³-hybridized carbons (Fsp3) is 0.0755. The van der Waals surface area contributed by atoms with Gasteiger partial charge in [0, 0.05) is 27.5 Å². The lowest BCUT2D eigenvalue weighted by atomic mass is 9.70. The number of allylic oxidation sites excluding steroid dienone is 4. The SMILES string of the molecule is C/C=C1\C(=C/CC)C2(c3ccccc31)c1ccccc1-c1c(-c3nc(-c4ccccc4)nc(-c4ccc(-c5cccc6oc7ccccc7c56)cc4)n3)cccc12. The van der Waals surface area contributed by atoms with Crippen molar-refractivity contribution in [3.8, 4) is 56.4 Å². The fourth-order valence-corrected chi connectivity index (χ4v) is 9.57. The van der Waals surface area contributed by atoms with Gasteiger partial charge in [-0.15, -0.1) is 0 Å². The van der Waals surface area contributed by atoms with Gasteiger partial charge in [0.25, 0.3) is 0 Å². The molecule has 270 valence electrons. The van der Waals surface area contributed by atoms with Crippen LogP contribution in [-0.2, 0) is 5.41 Å². The summed E-state index contributed by atoms with van der Waals surface area (Å²) < 4.78 is 6.22. The van der Waals surface area contributed by atoms with Crippen LogP contribution in [0.15, 0.2) is 186 Å². The smallest absolute Gasteiger partial charge is 0.164 e. The number of hydrogen-bond acceptors (Lipinski definition) is 4. The Morgan fingerprint density at radius 2 is 1.05 bits per heavy atom. The summed E-state index contributed by atoms with van der Waals surface area (Å²) in [5.41, 5.74) is 16.6. The van der Waals surface area contributed by atoms with Gasteiger partial charge in [-0.2, -0.15) is 0 Å². The standard InChI is InChI=1S/C53H37N3O/c1-3-16-42-36(4-2)38-19-8-11-24-43(38)53(42)44-25-12-9-20-39(44)48-41(23-14-26-45(48)53)52-55-50(34-17-6-5-7-18-34)54-51(56-52)35-31-29-33(30-32-35)37-22-15-28-47-49(37)40-21-10-13-27-46(40)57-47/h4-32H,3H2,1-2H3/b36-4-,42-16+. The Balaban J connectivity index is 1.11. The molecule has 2 heterocycles. The first kappa shape index (κ1) is 33.2. The maximum atomic E-state index is 6.22. The maximum absolute atomic E-state index is 6.22. The molecular weight excluding hydrogens is 695 g/mol. The molecule has 4 nitrogen and oxygen atoms in total. The average Bonchev–Trinajstić information content (AvgIpc) is 3.90. The summed E-state index contributed by atoms with van der Waals surface area (Å²) in [4.78, 5) is 15.7. The molecule has 1 spiro atoms. The number of nitrogens with zero attached hydrogens (tertiary/aromatic N) is 3. The lowest BCUT2D eigenvalue weighted by molar-refractivity contribution is 0.669. The molecule has 0 saturated heterocycles. The van der Waals surface area contributed by atoms with Crippen LogP contribution < -0.4 is 0 Å². The van der Waals surface area contributed by atoms with Gasteiger partial charge >= 0.3 is 0 Å². The Bertz CT molecular complexity index is 3120. The van der Waals surface area contributed by atoms with Crippen LogP contribution in [0.1, 0.15) is 42.5 Å². The summed E-state index contributed by atoms with van der Waals surface area (Å²) in [6, 6.07) is 57.8. The second-order valence-electron chi connectivity index (χ2n) is 14.8. The van der Waals surface area contributed by atoms with Crippen molar-refractivity contribution in [2.75, 3.05) is 0 Å². The largest absolute Gasteiger partial charge is 0.456 e. The number of para-hydroxylation sites is 1. The van der Waals surface area contributed by atoms with Crippen molar-refractivity contribution in [3.05, 3.63) is 204 Å². The van der Waals surface area contributed by atoms with E-state index in [1.54, 1.807) is 0 Å².